The van der Waals surface area contributed by atoms with Crippen LogP contribution in [0.1, 0.15) is 30.6 Å². The highest BCUT2D eigenvalue weighted by Gasteiger charge is 2.21. The summed E-state index contributed by atoms with van der Waals surface area (Å²) in [5.74, 6) is -0.155. The van der Waals surface area contributed by atoms with E-state index in [2.05, 4.69) is 28.7 Å². The smallest absolute Gasteiger partial charge is 0.180 e. The Morgan fingerprint density at radius 3 is 2.73 bits per heavy atom. The molecule has 0 aliphatic carbocycles. The Kier molecular flexibility index (Phi) is 4.74. The molecule has 0 amide bonds. The van der Waals surface area contributed by atoms with E-state index in [-0.39, 0.29) is 5.78 Å². The lowest BCUT2D eigenvalue weighted by Gasteiger charge is -2.09. The van der Waals surface area contributed by atoms with E-state index in [1.807, 2.05) is 25.3 Å². The average Bonchev–Trinajstić information content (AvgIpc) is 2.60. The highest BCUT2D eigenvalue weighted by molar-refractivity contribution is 14.1. The Balaban J connectivity index is 2.79. The van der Waals surface area contributed by atoms with Crippen molar-refractivity contribution in [2.45, 2.75) is 20.3 Å². The standard InChI is InChI=1S/C11H12INOS/c1-7(2)3-8(5-13)11(14)9-4-10(12)15-6-9/h4,6-8H,3H2,1-2H3. The van der Waals surface area contributed by atoms with Gasteiger partial charge < -0.3 is 0 Å². The van der Waals surface area contributed by atoms with Crippen molar-refractivity contribution < 1.29 is 4.79 Å². The summed E-state index contributed by atoms with van der Waals surface area (Å²) < 4.78 is 1.08. The van der Waals surface area contributed by atoms with Crippen LogP contribution < -0.4 is 0 Å². The molecular formula is C11H12INOS. The molecule has 0 saturated carbocycles. The molecule has 1 aromatic heterocycles. The van der Waals surface area contributed by atoms with E-state index < -0.39 is 5.92 Å². The van der Waals surface area contributed by atoms with Gasteiger partial charge in [-0.25, -0.2) is 0 Å². The molecular weight excluding hydrogens is 321 g/mol. The quantitative estimate of drug-likeness (QED) is 0.622. The zero-order chi connectivity index (χ0) is 11.4. The van der Waals surface area contributed by atoms with Crippen LogP contribution in [0.4, 0.5) is 0 Å². The van der Waals surface area contributed by atoms with Gasteiger partial charge in [0.1, 0.15) is 5.92 Å². The molecule has 0 fully saturated rings. The average molecular weight is 333 g/mol. The second-order valence-electron chi connectivity index (χ2n) is 3.81. The third-order valence-corrected chi connectivity index (χ3v) is 3.82. The lowest BCUT2D eigenvalue weighted by molar-refractivity contribution is 0.0937. The van der Waals surface area contributed by atoms with Gasteiger partial charge in [0.25, 0.3) is 0 Å². The minimum Gasteiger partial charge on any atom is -0.293 e. The van der Waals surface area contributed by atoms with Gasteiger partial charge in [0.05, 0.1) is 8.95 Å². The minimum absolute atomic E-state index is 0.0367. The van der Waals surface area contributed by atoms with Gasteiger partial charge >= 0.3 is 0 Å². The Morgan fingerprint density at radius 2 is 2.33 bits per heavy atom. The van der Waals surface area contributed by atoms with Gasteiger partial charge in [-0.3, -0.25) is 4.79 Å². The van der Waals surface area contributed by atoms with Crippen molar-refractivity contribution in [3.05, 3.63) is 19.9 Å². The van der Waals surface area contributed by atoms with Gasteiger partial charge in [-0.15, -0.1) is 11.3 Å². The SMILES string of the molecule is CC(C)CC(C#N)C(=O)c1csc(I)c1. The summed E-state index contributed by atoms with van der Waals surface area (Å²) in [6.45, 7) is 4.05. The van der Waals surface area contributed by atoms with E-state index in [9.17, 15) is 4.79 Å². The Labute approximate surface area is 107 Å². The third-order valence-electron chi connectivity index (χ3n) is 2.03. The Hall–Kier alpha value is -0.410. The van der Waals surface area contributed by atoms with Crippen molar-refractivity contribution in [1.82, 2.24) is 0 Å². The van der Waals surface area contributed by atoms with E-state index in [4.69, 9.17) is 5.26 Å². The largest absolute Gasteiger partial charge is 0.293 e. The van der Waals surface area contributed by atoms with Gasteiger partial charge in [-0.05, 0) is 41.0 Å². The molecule has 80 valence electrons. The van der Waals surface area contributed by atoms with Crippen molar-refractivity contribution in [2.24, 2.45) is 11.8 Å². The zero-order valence-electron chi connectivity index (χ0n) is 8.66. The van der Waals surface area contributed by atoms with Gasteiger partial charge in [0, 0.05) is 10.9 Å². The van der Waals surface area contributed by atoms with Crippen molar-refractivity contribution in [3.63, 3.8) is 0 Å². The molecule has 15 heavy (non-hydrogen) atoms. The molecule has 0 aliphatic heterocycles. The fourth-order valence-corrected chi connectivity index (χ4v) is 2.67. The van der Waals surface area contributed by atoms with Crippen LogP contribution in [0.3, 0.4) is 0 Å². The Bertz CT molecular complexity index is 392. The van der Waals surface area contributed by atoms with E-state index in [1.165, 1.54) is 11.3 Å². The van der Waals surface area contributed by atoms with Crippen LogP contribution >= 0.6 is 33.9 Å². The number of nitriles is 1. The van der Waals surface area contributed by atoms with Crippen LogP contribution in [0.5, 0.6) is 0 Å². The number of nitrogens with zero attached hydrogens (tertiary/aromatic N) is 1. The molecule has 0 radical (unpaired) electrons. The van der Waals surface area contributed by atoms with Crippen LogP contribution in [-0.2, 0) is 0 Å². The molecule has 0 N–H and O–H groups in total. The third kappa shape index (κ3) is 3.58. The lowest BCUT2D eigenvalue weighted by atomic mass is 9.92. The van der Waals surface area contributed by atoms with Crippen molar-refractivity contribution in [3.8, 4) is 6.07 Å². The number of rotatable bonds is 4. The number of thiophene rings is 1. The number of carbonyl (C=O) groups excluding carboxylic acids is 1. The minimum atomic E-state index is -0.490. The van der Waals surface area contributed by atoms with Crippen molar-refractivity contribution in [1.29, 1.82) is 5.26 Å². The molecule has 0 saturated heterocycles. The van der Waals surface area contributed by atoms with Gasteiger partial charge in [0.15, 0.2) is 5.78 Å². The van der Waals surface area contributed by atoms with Crippen LogP contribution in [0.25, 0.3) is 0 Å². The fraction of sp³-hybridized carbons (Fsp3) is 0.455. The first kappa shape index (κ1) is 12.7. The molecule has 0 spiro atoms. The number of carbonyl (C=O) groups is 1. The molecule has 1 unspecified atom stereocenters. The molecule has 0 bridgehead atoms. The second kappa shape index (κ2) is 5.61. The van der Waals surface area contributed by atoms with Crippen LogP contribution in [0.2, 0.25) is 0 Å². The summed E-state index contributed by atoms with van der Waals surface area (Å²) >= 11 is 3.71. The molecule has 2 nitrogen and oxygen atoms in total. The molecule has 1 atom stereocenters. The molecule has 1 heterocycles. The van der Waals surface area contributed by atoms with Gasteiger partial charge in [-0.1, -0.05) is 13.8 Å². The summed E-state index contributed by atoms with van der Waals surface area (Å²) in [5, 5.41) is 10.8. The summed E-state index contributed by atoms with van der Waals surface area (Å²) in [6, 6.07) is 3.94. The monoisotopic (exact) mass is 333 g/mol. The summed E-state index contributed by atoms with van der Waals surface area (Å²) in [5.41, 5.74) is 0.677. The van der Waals surface area contributed by atoms with E-state index >= 15 is 0 Å². The van der Waals surface area contributed by atoms with E-state index in [1.54, 1.807) is 0 Å². The molecule has 1 aromatic rings. The topological polar surface area (TPSA) is 40.9 Å². The number of ketones is 1. The summed E-state index contributed by atoms with van der Waals surface area (Å²) in [4.78, 5) is 11.9. The highest BCUT2D eigenvalue weighted by atomic mass is 127. The predicted molar refractivity (Wildman–Crippen MR) is 69.9 cm³/mol. The first-order valence-corrected chi connectivity index (χ1v) is 6.68. The number of hydrogen-bond acceptors (Lipinski definition) is 3. The van der Waals surface area contributed by atoms with Gasteiger partial charge in [-0.2, -0.15) is 5.26 Å². The molecule has 0 aliphatic rings. The normalized spacial score (nSPS) is 12.5. The van der Waals surface area contributed by atoms with Crippen molar-refractivity contribution in [2.75, 3.05) is 0 Å². The van der Waals surface area contributed by atoms with Gasteiger partial charge in [0.2, 0.25) is 0 Å². The highest BCUT2D eigenvalue weighted by Crippen LogP contribution is 2.22. The zero-order valence-corrected chi connectivity index (χ0v) is 11.6. The maximum Gasteiger partial charge on any atom is 0.180 e. The molecule has 1 rings (SSSR count). The van der Waals surface area contributed by atoms with Crippen LogP contribution in [-0.4, -0.2) is 5.78 Å². The second-order valence-corrected chi connectivity index (χ2v) is 6.62. The Morgan fingerprint density at radius 1 is 1.67 bits per heavy atom. The number of Topliss-reactive ketones (excluding diaryl/α,β-unsaturated/α-hetero) is 1. The van der Waals surface area contributed by atoms with Crippen molar-refractivity contribution >= 4 is 39.7 Å². The first-order chi connectivity index (χ1) is 7.04. The summed E-state index contributed by atoms with van der Waals surface area (Å²) in [7, 11) is 0. The molecule has 0 aromatic carbocycles. The predicted octanol–water partition coefficient (Wildman–Crippen LogP) is 3.72. The van der Waals surface area contributed by atoms with Crippen LogP contribution in [0, 0.1) is 26.1 Å². The first-order valence-electron chi connectivity index (χ1n) is 4.72. The maximum atomic E-state index is 11.9. The number of hydrogen-bond donors (Lipinski definition) is 0. The van der Waals surface area contributed by atoms with Crippen LogP contribution in [0.15, 0.2) is 11.4 Å². The number of halogens is 1. The summed E-state index contributed by atoms with van der Waals surface area (Å²) in [6.07, 6.45) is 0.641. The fourth-order valence-electron chi connectivity index (χ4n) is 1.33. The van der Waals surface area contributed by atoms with E-state index in [0.29, 0.717) is 17.9 Å². The maximum absolute atomic E-state index is 11.9. The van der Waals surface area contributed by atoms with E-state index in [0.717, 1.165) is 2.88 Å². The lowest BCUT2D eigenvalue weighted by Crippen LogP contribution is -2.14. The molecule has 4 heteroatoms.